The number of hydrogen-bond donors (Lipinski definition) is 12. The largest absolute Gasteiger partial charge is 0.481 e. The van der Waals surface area contributed by atoms with Gasteiger partial charge in [-0.15, -0.1) is 0 Å². The Morgan fingerprint density at radius 1 is 0.554 bits per heavy atom. The monoisotopic (exact) mass is 794 g/mol. The number of primary amides is 1. The fourth-order valence-corrected chi connectivity index (χ4v) is 5.17. The Bertz CT molecular complexity index is 1540. The van der Waals surface area contributed by atoms with E-state index in [4.69, 9.17) is 11.5 Å². The van der Waals surface area contributed by atoms with Crippen molar-refractivity contribution in [3.05, 3.63) is 35.9 Å². The molecule has 7 atom stereocenters. The van der Waals surface area contributed by atoms with E-state index in [2.05, 4.69) is 31.9 Å². The molecule has 1 aromatic carbocycles. The van der Waals surface area contributed by atoms with Crippen molar-refractivity contribution in [2.45, 2.75) is 102 Å². The number of carboxylic acid groups (broad SMARTS) is 2. The number of amides is 7. The number of benzene rings is 1. The Morgan fingerprint density at radius 3 is 1.36 bits per heavy atom. The van der Waals surface area contributed by atoms with Crippen molar-refractivity contribution >= 4 is 53.3 Å². The SMILES string of the molecule is CC(C)C[C@H](NC(=O)[C@H](CC(=O)O)NC(=O)[C@H](CO)NC(=O)[C@H](CC(N)=O)NC(=O)[C@H](CC(C)C)NC(=O)[C@@H](N)CO)C(=O)N[C@@H](Cc1ccccc1)C(=O)O. The Morgan fingerprint density at radius 2 is 0.946 bits per heavy atom. The number of aliphatic hydroxyl groups is 2. The smallest absolute Gasteiger partial charge is 0.326 e. The molecule has 0 spiro atoms. The summed E-state index contributed by atoms with van der Waals surface area (Å²) in [4.78, 5) is 114. The molecule has 14 N–H and O–H groups in total. The van der Waals surface area contributed by atoms with Gasteiger partial charge in [-0.25, -0.2) is 4.79 Å². The summed E-state index contributed by atoms with van der Waals surface area (Å²) in [5.41, 5.74) is 11.4. The minimum absolute atomic E-state index is 0.0266. The summed E-state index contributed by atoms with van der Waals surface area (Å²) in [6.07, 6.45) is -1.93. The van der Waals surface area contributed by atoms with Crippen LogP contribution in [-0.4, -0.2) is 129 Å². The van der Waals surface area contributed by atoms with E-state index in [9.17, 15) is 63.6 Å². The minimum Gasteiger partial charge on any atom is -0.481 e. The zero-order valence-corrected chi connectivity index (χ0v) is 31.7. The molecule has 0 saturated heterocycles. The normalized spacial score (nSPS) is 14.8. The standard InChI is InChI=1S/C35H54N8O13/c1-17(2)10-21(38-29(49)20(36)15-44)30(50)40-23(13-27(37)46)32(52)43-26(16-45)34(54)41-24(14-28(47)48)33(53)39-22(11-18(3)4)31(51)42-25(35(55)56)12-19-8-6-5-7-9-19/h5-9,17-18,20-26,44-45H,10-16,36H2,1-4H3,(H2,37,46)(H,38,49)(H,39,53)(H,40,50)(H,41,54)(H,42,51)(H,43,52)(H,47,48)(H,55,56)/t20-,21-,22-,23-,24-,25-,26-/m0/s1. The lowest BCUT2D eigenvalue weighted by molar-refractivity contribution is -0.143. The molecule has 1 rings (SSSR count). The molecule has 0 aliphatic rings. The fourth-order valence-electron chi connectivity index (χ4n) is 5.17. The van der Waals surface area contributed by atoms with Crippen LogP contribution in [0.1, 0.15) is 58.9 Å². The Labute approximate surface area is 323 Å². The predicted molar refractivity (Wildman–Crippen MR) is 196 cm³/mol. The second-order valence-electron chi connectivity index (χ2n) is 13.9. The Kier molecular flexibility index (Phi) is 20.7. The zero-order chi connectivity index (χ0) is 42.7. The van der Waals surface area contributed by atoms with E-state index >= 15 is 0 Å². The van der Waals surface area contributed by atoms with E-state index in [0.717, 1.165) is 0 Å². The van der Waals surface area contributed by atoms with Crippen LogP contribution in [0.4, 0.5) is 0 Å². The van der Waals surface area contributed by atoms with Crippen LogP contribution in [0.2, 0.25) is 0 Å². The van der Waals surface area contributed by atoms with Gasteiger partial charge in [0.25, 0.3) is 0 Å². The van der Waals surface area contributed by atoms with Crippen molar-refractivity contribution in [2.75, 3.05) is 13.2 Å². The minimum atomic E-state index is -1.89. The second kappa shape index (κ2) is 24.0. The van der Waals surface area contributed by atoms with E-state index < -0.39 is 122 Å². The summed E-state index contributed by atoms with van der Waals surface area (Å²) in [5.74, 6) is -10.8. The van der Waals surface area contributed by atoms with Crippen molar-refractivity contribution in [1.82, 2.24) is 31.9 Å². The first-order valence-corrected chi connectivity index (χ1v) is 17.7. The van der Waals surface area contributed by atoms with Crippen LogP contribution in [0.15, 0.2) is 30.3 Å². The molecule has 0 saturated carbocycles. The third-order valence-corrected chi connectivity index (χ3v) is 7.98. The van der Waals surface area contributed by atoms with Gasteiger partial charge in [0.15, 0.2) is 0 Å². The molecule has 0 aliphatic heterocycles. The van der Waals surface area contributed by atoms with Crippen molar-refractivity contribution < 1.29 is 63.6 Å². The van der Waals surface area contributed by atoms with Crippen LogP contribution in [0, 0.1) is 11.8 Å². The molecule has 0 aromatic heterocycles. The molecule has 56 heavy (non-hydrogen) atoms. The highest BCUT2D eigenvalue weighted by molar-refractivity contribution is 5.99. The van der Waals surface area contributed by atoms with Crippen LogP contribution < -0.4 is 43.4 Å². The van der Waals surface area contributed by atoms with Gasteiger partial charge in [-0.3, -0.25) is 38.4 Å². The van der Waals surface area contributed by atoms with Gasteiger partial charge in [-0.1, -0.05) is 58.0 Å². The average molecular weight is 795 g/mol. The number of carbonyl (C=O) groups is 9. The maximum Gasteiger partial charge on any atom is 0.326 e. The number of carboxylic acids is 2. The average Bonchev–Trinajstić information content (AvgIpc) is 3.11. The Hall–Kier alpha value is -5.67. The third-order valence-electron chi connectivity index (χ3n) is 7.98. The molecule has 7 amide bonds. The van der Waals surface area contributed by atoms with Gasteiger partial charge in [0.1, 0.15) is 42.3 Å². The van der Waals surface area contributed by atoms with Crippen molar-refractivity contribution in [3.8, 4) is 0 Å². The molecular weight excluding hydrogens is 740 g/mol. The number of aliphatic carboxylic acids is 2. The molecule has 0 radical (unpaired) electrons. The van der Waals surface area contributed by atoms with Gasteiger partial charge in [0.05, 0.1) is 26.1 Å². The molecular formula is C35H54N8O13. The van der Waals surface area contributed by atoms with Gasteiger partial charge >= 0.3 is 11.9 Å². The maximum atomic E-state index is 13.4. The highest BCUT2D eigenvalue weighted by atomic mass is 16.4. The lowest BCUT2D eigenvalue weighted by Gasteiger charge is -2.27. The number of aliphatic hydroxyl groups excluding tert-OH is 2. The first kappa shape index (κ1) is 48.3. The predicted octanol–water partition coefficient (Wildman–Crippen LogP) is -4.02. The van der Waals surface area contributed by atoms with Crippen molar-refractivity contribution in [2.24, 2.45) is 23.3 Å². The molecule has 0 heterocycles. The van der Waals surface area contributed by atoms with Crippen LogP contribution >= 0.6 is 0 Å². The lowest BCUT2D eigenvalue weighted by atomic mass is 10.0. The molecule has 21 heteroatoms. The van der Waals surface area contributed by atoms with Crippen LogP contribution in [0.25, 0.3) is 0 Å². The van der Waals surface area contributed by atoms with Crippen molar-refractivity contribution in [3.63, 3.8) is 0 Å². The first-order chi connectivity index (χ1) is 26.2. The van der Waals surface area contributed by atoms with E-state index in [1.54, 1.807) is 58.0 Å². The molecule has 21 nitrogen and oxygen atoms in total. The number of hydrogen-bond acceptors (Lipinski definition) is 12. The molecule has 0 aliphatic carbocycles. The van der Waals surface area contributed by atoms with E-state index in [0.29, 0.717) is 5.56 Å². The van der Waals surface area contributed by atoms with Gasteiger partial charge < -0.3 is 63.8 Å². The molecule has 312 valence electrons. The fraction of sp³-hybridized carbons (Fsp3) is 0.571. The van der Waals surface area contributed by atoms with Crippen LogP contribution in [-0.2, 0) is 49.6 Å². The topological polar surface area (TPSA) is 359 Å². The summed E-state index contributed by atoms with van der Waals surface area (Å²) >= 11 is 0. The zero-order valence-electron chi connectivity index (χ0n) is 31.7. The van der Waals surface area contributed by atoms with Crippen LogP contribution in [0.3, 0.4) is 0 Å². The number of nitrogens with two attached hydrogens (primary N) is 2. The lowest BCUT2D eigenvalue weighted by Crippen LogP contribution is -2.61. The summed E-state index contributed by atoms with van der Waals surface area (Å²) in [6, 6.07) is -2.57. The Balaban J connectivity index is 3.21. The highest BCUT2D eigenvalue weighted by Gasteiger charge is 2.35. The van der Waals surface area contributed by atoms with Gasteiger partial charge in [-0.05, 0) is 30.2 Å². The second-order valence-corrected chi connectivity index (χ2v) is 13.9. The summed E-state index contributed by atoms with van der Waals surface area (Å²) in [5, 5.41) is 52.0. The summed E-state index contributed by atoms with van der Waals surface area (Å²) in [6.45, 7) is 4.99. The summed E-state index contributed by atoms with van der Waals surface area (Å²) < 4.78 is 0. The first-order valence-electron chi connectivity index (χ1n) is 17.7. The number of rotatable bonds is 25. The van der Waals surface area contributed by atoms with Crippen molar-refractivity contribution in [1.29, 1.82) is 0 Å². The molecule has 0 bridgehead atoms. The van der Waals surface area contributed by atoms with E-state index in [1.807, 2.05) is 0 Å². The maximum absolute atomic E-state index is 13.4. The molecule has 0 unspecified atom stereocenters. The number of carbonyl (C=O) groups excluding carboxylic acids is 7. The molecule has 0 fully saturated rings. The van der Waals surface area contributed by atoms with Gasteiger partial charge in [0.2, 0.25) is 41.4 Å². The van der Waals surface area contributed by atoms with Gasteiger partial charge in [-0.2, -0.15) is 0 Å². The number of nitrogens with one attached hydrogen (secondary N) is 6. The quantitative estimate of drug-likeness (QED) is 0.0449. The van der Waals surface area contributed by atoms with Gasteiger partial charge in [0, 0.05) is 6.42 Å². The third kappa shape index (κ3) is 17.6. The highest BCUT2D eigenvalue weighted by Crippen LogP contribution is 2.10. The summed E-state index contributed by atoms with van der Waals surface area (Å²) in [7, 11) is 0. The van der Waals surface area contributed by atoms with E-state index in [-0.39, 0.29) is 31.1 Å². The van der Waals surface area contributed by atoms with E-state index in [1.165, 1.54) is 0 Å². The van der Waals surface area contributed by atoms with Crippen LogP contribution in [0.5, 0.6) is 0 Å². The molecule has 1 aromatic rings.